The van der Waals surface area contributed by atoms with Crippen molar-refractivity contribution in [3.63, 3.8) is 0 Å². The molecule has 1 N–H and O–H groups in total. The van der Waals surface area contributed by atoms with Crippen molar-refractivity contribution in [2.45, 2.75) is 6.54 Å². The number of nitro groups is 1. The number of carbonyl (C=O) groups is 1. The fraction of sp³-hybridized carbons (Fsp3) is 0.0556. The fourth-order valence-corrected chi connectivity index (χ4v) is 2.97. The molecule has 2 aromatic carbocycles. The van der Waals surface area contributed by atoms with E-state index in [1.54, 1.807) is 18.2 Å². The average molecular weight is 427 g/mol. The Morgan fingerprint density at radius 3 is 2.78 bits per heavy atom. The van der Waals surface area contributed by atoms with Crippen LogP contribution in [-0.2, 0) is 6.54 Å². The second-order valence-corrected chi connectivity index (χ2v) is 6.32. The second kappa shape index (κ2) is 7.39. The molecule has 0 saturated heterocycles. The number of nitrogens with zero attached hydrogens (tertiary/aromatic N) is 4. The number of carbonyl (C=O) groups excluding carboxylic acids is 1. The van der Waals surface area contributed by atoms with Crippen LogP contribution in [0.15, 0.2) is 57.2 Å². The Bertz CT molecular complexity index is 1140. The first-order chi connectivity index (χ1) is 12.9. The molecule has 3 rings (SSSR count). The first-order valence-electron chi connectivity index (χ1n) is 7.57. The Morgan fingerprint density at radius 1 is 1.33 bits per heavy atom. The molecule has 0 atom stereocenters. The molecule has 0 bridgehead atoms. The number of hydrogen-bond acceptors (Lipinski definition) is 5. The summed E-state index contributed by atoms with van der Waals surface area (Å²) >= 11 is 3.34. The van der Waals surface area contributed by atoms with Crippen molar-refractivity contribution in [2.75, 3.05) is 0 Å². The standard InChI is InChI=1S/C18H11BrN4O4/c1-2-9-22-14-8-7-11(19)10-13(14)16(18(22)25)20-21-17(24)12-5-3-4-6-15(12)23(26)27/h1,3-8,10,25H,9H2. The monoisotopic (exact) mass is 426 g/mol. The number of benzene rings is 2. The van der Waals surface area contributed by atoms with Crippen molar-refractivity contribution in [1.82, 2.24) is 4.57 Å². The lowest BCUT2D eigenvalue weighted by molar-refractivity contribution is -0.385. The number of nitro benzene ring substituents is 1. The number of aromatic hydroxyl groups is 1. The molecule has 0 aliphatic heterocycles. The number of rotatable bonds is 4. The van der Waals surface area contributed by atoms with Gasteiger partial charge in [0.05, 0.1) is 17.0 Å². The predicted octanol–water partition coefficient (Wildman–Crippen LogP) is 4.57. The van der Waals surface area contributed by atoms with Gasteiger partial charge in [-0.15, -0.1) is 16.7 Å². The zero-order chi connectivity index (χ0) is 19.6. The van der Waals surface area contributed by atoms with Crippen LogP contribution in [0.3, 0.4) is 0 Å². The van der Waals surface area contributed by atoms with E-state index in [-0.39, 0.29) is 29.4 Å². The first kappa shape index (κ1) is 18.3. The van der Waals surface area contributed by atoms with E-state index < -0.39 is 10.8 Å². The molecule has 9 heteroatoms. The van der Waals surface area contributed by atoms with Crippen LogP contribution in [0.5, 0.6) is 5.88 Å². The maximum Gasteiger partial charge on any atom is 0.302 e. The summed E-state index contributed by atoms with van der Waals surface area (Å²) in [5.74, 6) is 1.29. The molecule has 0 saturated carbocycles. The quantitative estimate of drug-likeness (QED) is 0.285. The molecular weight excluding hydrogens is 416 g/mol. The van der Waals surface area contributed by atoms with Crippen molar-refractivity contribution in [2.24, 2.45) is 10.2 Å². The largest absolute Gasteiger partial charge is 0.493 e. The predicted molar refractivity (Wildman–Crippen MR) is 102 cm³/mol. The van der Waals surface area contributed by atoms with Crippen molar-refractivity contribution in [3.05, 3.63) is 62.6 Å². The molecule has 0 unspecified atom stereocenters. The summed E-state index contributed by atoms with van der Waals surface area (Å²) in [7, 11) is 0. The number of terminal acetylenes is 1. The van der Waals surface area contributed by atoms with Crippen LogP contribution in [0.2, 0.25) is 0 Å². The fourth-order valence-electron chi connectivity index (χ4n) is 2.61. The third kappa shape index (κ3) is 3.43. The van der Waals surface area contributed by atoms with Gasteiger partial charge >= 0.3 is 5.91 Å². The van der Waals surface area contributed by atoms with Crippen molar-refractivity contribution >= 4 is 44.1 Å². The van der Waals surface area contributed by atoms with Gasteiger partial charge in [-0.2, -0.15) is 0 Å². The van der Waals surface area contributed by atoms with Gasteiger partial charge in [-0.3, -0.25) is 19.5 Å². The maximum absolute atomic E-state index is 12.3. The lowest BCUT2D eigenvalue weighted by Gasteiger charge is -2.00. The Kier molecular flexibility index (Phi) is 5.00. The summed E-state index contributed by atoms with van der Waals surface area (Å²) in [6.07, 6.45) is 5.34. The number of amides is 1. The van der Waals surface area contributed by atoms with Crippen LogP contribution in [0.25, 0.3) is 10.9 Å². The minimum atomic E-state index is -0.894. The average Bonchev–Trinajstić information content (AvgIpc) is 2.91. The summed E-state index contributed by atoms with van der Waals surface area (Å²) in [5, 5.41) is 29.4. The van der Waals surface area contributed by atoms with Gasteiger partial charge in [0.2, 0.25) is 5.88 Å². The first-order valence-corrected chi connectivity index (χ1v) is 8.37. The van der Waals surface area contributed by atoms with Crippen LogP contribution in [0.1, 0.15) is 10.4 Å². The lowest BCUT2D eigenvalue weighted by Crippen LogP contribution is -2.00. The van der Waals surface area contributed by atoms with E-state index in [1.807, 2.05) is 0 Å². The zero-order valence-corrected chi connectivity index (χ0v) is 15.3. The molecule has 0 spiro atoms. The van der Waals surface area contributed by atoms with E-state index in [4.69, 9.17) is 6.42 Å². The SMILES string of the molecule is C#CCn1c(O)c(N=NC(=O)c2ccccc2[N+](=O)[O-])c2cc(Br)ccc21. The van der Waals surface area contributed by atoms with Crippen LogP contribution in [0.4, 0.5) is 11.4 Å². The summed E-state index contributed by atoms with van der Waals surface area (Å²) < 4.78 is 2.18. The van der Waals surface area contributed by atoms with Gasteiger partial charge in [0.25, 0.3) is 5.69 Å². The minimum absolute atomic E-state index is 0.0495. The number of halogens is 1. The van der Waals surface area contributed by atoms with E-state index in [0.717, 1.165) is 4.47 Å². The molecule has 0 aliphatic carbocycles. The summed E-state index contributed by atoms with van der Waals surface area (Å²) in [6.45, 7) is 0.0948. The molecule has 134 valence electrons. The zero-order valence-electron chi connectivity index (χ0n) is 13.7. The summed E-state index contributed by atoms with van der Waals surface area (Å²) in [4.78, 5) is 22.7. The third-order valence-electron chi connectivity index (χ3n) is 3.79. The van der Waals surface area contributed by atoms with E-state index in [1.165, 1.54) is 28.8 Å². The topological polar surface area (TPSA) is 110 Å². The Labute approximate surface area is 161 Å². The second-order valence-electron chi connectivity index (χ2n) is 5.40. The molecule has 1 aromatic heterocycles. The summed E-state index contributed by atoms with van der Waals surface area (Å²) in [6, 6.07) is 10.6. The van der Waals surface area contributed by atoms with Crippen LogP contribution in [0, 0.1) is 22.5 Å². The number of para-hydroxylation sites is 1. The molecule has 8 nitrogen and oxygen atoms in total. The highest BCUT2D eigenvalue weighted by Gasteiger charge is 2.20. The van der Waals surface area contributed by atoms with E-state index in [0.29, 0.717) is 10.9 Å². The van der Waals surface area contributed by atoms with Gasteiger partial charge in [-0.05, 0) is 24.3 Å². The third-order valence-corrected chi connectivity index (χ3v) is 4.29. The van der Waals surface area contributed by atoms with Gasteiger partial charge < -0.3 is 5.11 Å². The van der Waals surface area contributed by atoms with Crippen LogP contribution >= 0.6 is 15.9 Å². The number of hydrogen-bond donors (Lipinski definition) is 1. The molecule has 1 heterocycles. The molecule has 3 aromatic rings. The van der Waals surface area contributed by atoms with Crippen LogP contribution < -0.4 is 0 Å². The van der Waals surface area contributed by atoms with Gasteiger partial charge in [0, 0.05) is 15.9 Å². The van der Waals surface area contributed by atoms with E-state index in [2.05, 4.69) is 32.1 Å². The molecule has 0 radical (unpaired) electrons. The van der Waals surface area contributed by atoms with Crippen LogP contribution in [-0.4, -0.2) is 20.5 Å². The molecule has 0 fully saturated rings. The molecule has 1 amide bonds. The number of fused-ring (bicyclic) bond motifs is 1. The van der Waals surface area contributed by atoms with Crippen molar-refractivity contribution < 1.29 is 14.8 Å². The Hall–Kier alpha value is -3.51. The molecular formula is C18H11BrN4O4. The maximum atomic E-state index is 12.3. The Balaban J connectivity index is 2.08. The molecule has 27 heavy (non-hydrogen) atoms. The van der Waals surface area contributed by atoms with Crippen molar-refractivity contribution in [3.8, 4) is 18.2 Å². The lowest BCUT2D eigenvalue weighted by atomic mass is 10.2. The molecule has 0 aliphatic rings. The summed E-state index contributed by atoms with van der Waals surface area (Å²) in [5.41, 5.74) is 0.0942. The highest BCUT2D eigenvalue weighted by Crippen LogP contribution is 2.40. The normalized spacial score (nSPS) is 11.0. The number of azo groups is 1. The van der Waals surface area contributed by atoms with Gasteiger partial charge in [-0.25, -0.2) is 0 Å². The minimum Gasteiger partial charge on any atom is -0.493 e. The van der Waals surface area contributed by atoms with Gasteiger partial charge in [0.15, 0.2) is 5.69 Å². The van der Waals surface area contributed by atoms with Gasteiger partial charge in [-0.1, -0.05) is 34.0 Å². The number of aromatic nitrogens is 1. The Morgan fingerprint density at radius 2 is 2.07 bits per heavy atom. The van der Waals surface area contributed by atoms with Gasteiger partial charge in [0.1, 0.15) is 5.56 Å². The highest BCUT2D eigenvalue weighted by molar-refractivity contribution is 9.10. The van der Waals surface area contributed by atoms with E-state index in [9.17, 15) is 20.0 Å². The van der Waals surface area contributed by atoms with E-state index >= 15 is 0 Å². The van der Waals surface area contributed by atoms with Crippen molar-refractivity contribution in [1.29, 1.82) is 0 Å². The highest BCUT2D eigenvalue weighted by atomic mass is 79.9. The smallest absolute Gasteiger partial charge is 0.302 e.